The maximum atomic E-state index is 11.8. The van der Waals surface area contributed by atoms with Crippen LogP contribution in [0, 0.1) is 28.6 Å². The molecule has 0 atom stereocenters. The zero-order chi connectivity index (χ0) is 16.5. The molecule has 5 heteroatoms. The number of carbonyl (C=O) groups is 2. The van der Waals surface area contributed by atoms with Crippen molar-refractivity contribution in [3.63, 3.8) is 0 Å². The summed E-state index contributed by atoms with van der Waals surface area (Å²) in [6.07, 6.45) is 0.924. The van der Waals surface area contributed by atoms with E-state index >= 15 is 0 Å². The fraction of sp³-hybridized carbons (Fsp3) is 0.688. The molecule has 0 spiro atoms. The van der Waals surface area contributed by atoms with Crippen molar-refractivity contribution < 1.29 is 19.1 Å². The van der Waals surface area contributed by atoms with Crippen LogP contribution in [0.1, 0.15) is 40.5 Å². The summed E-state index contributed by atoms with van der Waals surface area (Å²) >= 11 is 0. The molecule has 0 rings (SSSR count). The average molecular weight is 295 g/mol. The molecule has 0 bridgehead atoms. The van der Waals surface area contributed by atoms with Crippen LogP contribution in [0.4, 0.5) is 0 Å². The molecule has 0 fully saturated rings. The van der Waals surface area contributed by atoms with Crippen molar-refractivity contribution >= 4 is 11.9 Å². The minimum Gasteiger partial charge on any atom is -0.465 e. The summed E-state index contributed by atoms with van der Waals surface area (Å²) in [7, 11) is 0. The van der Waals surface area contributed by atoms with E-state index in [0.29, 0.717) is 0 Å². The summed E-state index contributed by atoms with van der Waals surface area (Å²) in [5.41, 5.74) is -1.28. The van der Waals surface area contributed by atoms with Gasteiger partial charge in [0, 0.05) is 0 Å². The monoisotopic (exact) mass is 295 g/mol. The van der Waals surface area contributed by atoms with Crippen LogP contribution in [0.3, 0.4) is 0 Å². The predicted octanol–water partition coefficient (Wildman–Crippen LogP) is 2.86. The lowest BCUT2D eigenvalue weighted by Gasteiger charge is -2.21. The number of carbonyl (C=O) groups excluding carboxylic acids is 2. The molecule has 0 aromatic rings. The fourth-order valence-electron chi connectivity index (χ4n) is 1.47. The Bertz CT molecular complexity index is 381. The summed E-state index contributed by atoms with van der Waals surface area (Å²) in [6.45, 7) is 11.8. The second kappa shape index (κ2) is 9.17. The summed E-state index contributed by atoms with van der Waals surface area (Å²) in [4.78, 5) is 23.5. The van der Waals surface area contributed by atoms with Gasteiger partial charge in [0.15, 0.2) is 0 Å². The zero-order valence-electron chi connectivity index (χ0n) is 13.3. The van der Waals surface area contributed by atoms with E-state index in [4.69, 9.17) is 9.47 Å². The highest BCUT2D eigenvalue weighted by atomic mass is 16.5. The third-order valence-corrected chi connectivity index (χ3v) is 2.69. The second-order valence-electron chi connectivity index (χ2n) is 5.98. The Morgan fingerprint density at radius 1 is 1.10 bits per heavy atom. The second-order valence-corrected chi connectivity index (χ2v) is 5.98. The van der Waals surface area contributed by atoms with E-state index < -0.39 is 17.4 Å². The molecule has 0 saturated carbocycles. The molecule has 5 nitrogen and oxygen atoms in total. The van der Waals surface area contributed by atoms with E-state index in [9.17, 15) is 14.9 Å². The van der Waals surface area contributed by atoms with Crippen LogP contribution in [-0.4, -0.2) is 25.2 Å². The molecule has 0 aromatic carbocycles. The highest BCUT2D eigenvalue weighted by molar-refractivity contribution is 5.76. The van der Waals surface area contributed by atoms with Gasteiger partial charge in [0.2, 0.25) is 0 Å². The molecule has 118 valence electrons. The van der Waals surface area contributed by atoms with Gasteiger partial charge in [-0.1, -0.05) is 33.8 Å². The number of allylic oxidation sites excluding steroid dienone is 1. The largest absolute Gasteiger partial charge is 0.465 e. The van der Waals surface area contributed by atoms with Crippen LogP contribution >= 0.6 is 0 Å². The van der Waals surface area contributed by atoms with E-state index in [-0.39, 0.29) is 37.9 Å². The van der Waals surface area contributed by atoms with E-state index in [2.05, 4.69) is 6.58 Å². The van der Waals surface area contributed by atoms with Gasteiger partial charge in [-0.15, -0.1) is 6.58 Å². The highest BCUT2D eigenvalue weighted by Crippen LogP contribution is 2.28. The van der Waals surface area contributed by atoms with Gasteiger partial charge in [-0.2, -0.15) is 5.26 Å². The molecule has 0 aliphatic rings. The molecular formula is C16H25NO4. The minimum atomic E-state index is -1.28. The molecule has 0 aliphatic carbocycles. The molecular weight excluding hydrogens is 270 g/mol. The average Bonchev–Trinajstić information content (AvgIpc) is 2.42. The number of nitriles is 1. The van der Waals surface area contributed by atoms with Gasteiger partial charge in [0.1, 0.15) is 0 Å². The number of esters is 2. The van der Waals surface area contributed by atoms with Gasteiger partial charge in [0.25, 0.3) is 0 Å². The minimum absolute atomic E-state index is 0.198. The third-order valence-electron chi connectivity index (χ3n) is 2.69. The summed E-state index contributed by atoms with van der Waals surface area (Å²) in [5, 5.41) is 9.29. The number of rotatable bonds is 9. The molecule has 0 aromatic heterocycles. The van der Waals surface area contributed by atoms with Crippen molar-refractivity contribution in [2.24, 2.45) is 17.3 Å². The van der Waals surface area contributed by atoms with Gasteiger partial charge in [-0.05, 0) is 11.8 Å². The Morgan fingerprint density at radius 2 is 1.48 bits per heavy atom. The Kier molecular flexibility index (Phi) is 8.37. The Balaban J connectivity index is 4.62. The van der Waals surface area contributed by atoms with E-state index in [1.807, 2.05) is 33.8 Å². The summed E-state index contributed by atoms with van der Waals surface area (Å²) in [6, 6.07) is 1.98. The molecule has 0 radical (unpaired) electrons. The van der Waals surface area contributed by atoms with Crippen molar-refractivity contribution in [1.29, 1.82) is 5.26 Å². The maximum Gasteiger partial charge on any atom is 0.307 e. The van der Waals surface area contributed by atoms with Gasteiger partial charge in [-0.3, -0.25) is 9.59 Å². The Labute approximate surface area is 126 Å². The molecule has 0 unspecified atom stereocenters. The normalized spacial score (nSPS) is 11.1. The smallest absolute Gasteiger partial charge is 0.307 e. The van der Waals surface area contributed by atoms with Gasteiger partial charge in [-0.25, -0.2) is 0 Å². The lowest BCUT2D eigenvalue weighted by Crippen LogP contribution is -2.27. The van der Waals surface area contributed by atoms with Crippen LogP contribution in [0.5, 0.6) is 0 Å². The van der Waals surface area contributed by atoms with Crippen LogP contribution in [0.15, 0.2) is 12.7 Å². The first kappa shape index (κ1) is 19.2. The van der Waals surface area contributed by atoms with Crippen molar-refractivity contribution in [2.75, 3.05) is 13.2 Å². The molecule has 0 aliphatic heterocycles. The van der Waals surface area contributed by atoms with E-state index in [1.54, 1.807) is 0 Å². The van der Waals surface area contributed by atoms with Crippen LogP contribution in [0.25, 0.3) is 0 Å². The van der Waals surface area contributed by atoms with Gasteiger partial charge in [0.05, 0.1) is 37.5 Å². The maximum absolute atomic E-state index is 11.8. The Morgan fingerprint density at radius 3 is 1.71 bits per heavy atom. The molecule has 0 amide bonds. The van der Waals surface area contributed by atoms with Crippen LogP contribution < -0.4 is 0 Å². The lowest BCUT2D eigenvalue weighted by molar-refractivity contribution is -0.149. The molecule has 0 N–H and O–H groups in total. The van der Waals surface area contributed by atoms with Crippen molar-refractivity contribution in [3.05, 3.63) is 12.7 Å². The first-order valence-electron chi connectivity index (χ1n) is 7.10. The SMILES string of the molecule is C=CC(C#N)(CC(=O)OCC(C)C)CC(=O)OCC(C)C. The van der Waals surface area contributed by atoms with Gasteiger partial charge < -0.3 is 9.47 Å². The number of ether oxygens (including phenoxy) is 2. The van der Waals surface area contributed by atoms with Crippen LogP contribution in [0.2, 0.25) is 0 Å². The lowest BCUT2D eigenvalue weighted by atomic mass is 9.83. The van der Waals surface area contributed by atoms with E-state index in [0.717, 1.165) is 0 Å². The molecule has 21 heavy (non-hydrogen) atoms. The standard InChI is InChI=1S/C16H25NO4/c1-6-16(11-17,7-14(18)20-9-12(2)3)8-15(19)21-10-13(4)5/h6,12-13H,1,7-10H2,2-5H3. The topological polar surface area (TPSA) is 76.4 Å². The fourth-order valence-corrected chi connectivity index (χ4v) is 1.47. The van der Waals surface area contributed by atoms with Crippen LogP contribution in [-0.2, 0) is 19.1 Å². The van der Waals surface area contributed by atoms with E-state index in [1.165, 1.54) is 6.08 Å². The van der Waals surface area contributed by atoms with Crippen molar-refractivity contribution in [1.82, 2.24) is 0 Å². The summed E-state index contributed by atoms with van der Waals surface area (Å²) < 4.78 is 10.1. The summed E-state index contributed by atoms with van der Waals surface area (Å²) in [5.74, 6) is -0.598. The van der Waals surface area contributed by atoms with Crippen molar-refractivity contribution in [2.45, 2.75) is 40.5 Å². The number of nitrogens with zero attached hydrogens (tertiary/aromatic N) is 1. The predicted molar refractivity (Wildman–Crippen MR) is 79.1 cm³/mol. The highest BCUT2D eigenvalue weighted by Gasteiger charge is 2.34. The number of hydrogen-bond acceptors (Lipinski definition) is 5. The quantitative estimate of drug-likeness (QED) is 0.483. The zero-order valence-corrected chi connectivity index (χ0v) is 13.3. The third kappa shape index (κ3) is 8.13. The van der Waals surface area contributed by atoms with Crippen molar-refractivity contribution in [3.8, 4) is 6.07 Å². The molecule has 0 saturated heterocycles. The molecule has 0 heterocycles. The van der Waals surface area contributed by atoms with Gasteiger partial charge >= 0.3 is 11.9 Å². The number of hydrogen-bond donors (Lipinski definition) is 0. The first-order valence-corrected chi connectivity index (χ1v) is 7.10. The Hall–Kier alpha value is -1.83. The first-order chi connectivity index (χ1) is 9.74.